The van der Waals surface area contributed by atoms with Crippen molar-refractivity contribution < 1.29 is 14.5 Å². The van der Waals surface area contributed by atoms with Crippen LogP contribution in [0.4, 0.5) is 11.4 Å². The fraction of sp³-hybridized carbons (Fsp3) is 0.0455. The van der Waals surface area contributed by atoms with Gasteiger partial charge in [0.1, 0.15) is 5.56 Å². The molecule has 0 spiro atoms. The van der Waals surface area contributed by atoms with Gasteiger partial charge >= 0.3 is 0 Å². The van der Waals surface area contributed by atoms with Crippen molar-refractivity contribution >= 4 is 40.5 Å². The molecule has 3 aromatic rings. The van der Waals surface area contributed by atoms with Gasteiger partial charge in [-0.2, -0.15) is 0 Å². The minimum absolute atomic E-state index is 0.0237. The number of para-hydroxylation sites is 1. The SMILES string of the molecule is O=C(NCc1ccccc1)c1ccc(NC(=S)NC(=O)c2ccccc2[N+](=O)[O-])cc1. The van der Waals surface area contributed by atoms with E-state index < -0.39 is 10.8 Å². The van der Waals surface area contributed by atoms with E-state index in [0.717, 1.165) is 5.56 Å². The lowest BCUT2D eigenvalue weighted by atomic mass is 10.1. The highest BCUT2D eigenvalue weighted by Gasteiger charge is 2.19. The fourth-order valence-corrected chi connectivity index (χ4v) is 2.95. The number of nitrogens with zero attached hydrogens (tertiary/aromatic N) is 1. The molecule has 2 amide bonds. The summed E-state index contributed by atoms with van der Waals surface area (Å²) in [5.41, 5.74) is 1.61. The number of thiocarbonyl (C=S) groups is 1. The molecule has 0 radical (unpaired) electrons. The molecule has 0 saturated carbocycles. The molecule has 8 nitrogen and oxygen atoms in total. The number of amides is 2. The Bertz CT molecular complexity index is 1120. The lowest BCUT2D eigenvalue weighted by Gasteiger charge is -2.10. The van der Waals surface area contributed by atoms with Crippen molar-refractivity contribution in [2.45, 2.75) is 6.54 Å². The van der Waals surface area contributed by atoms with Crippen LogP contribution in [0, 0.1) is 10.1 Å². The van der Waals surface area contributed by atoms with Crippen molar-refractivity contribution in [3.05, 3.63) is 106 Å². The smallest absolute Gasteiger partial charge is 0.282 e. The molecule has 0 bridgehead atoms. The minimum Gasteiger partial charge on any atom is -0.348 e. The molecule has 9 heteroatoms. The highest BCUT2D eigenvalue weighted by Crippen LogP contribution is 2.17. The van der Waals surface area contributed by atoms with Gasteiger partial charge in [0.25, 0.3) is 17.5 Å². The van der Waals surface area contributed by atoms with Crippen molar-refractivity contribution in [2.24, 2.45) is 0 Å². The first-order valence-electron chi connectivity index (χ1n) is 9.22. The molecule has 0 aromatic heterocycles. The van der Waals surface area contributed by atoms with E-state index in [9.17, 15) is 19.7 Å². The van der Waals surface area contributed by atoms with Gasteiger partial charge in [-0.05, 0) is 48.1 Å². The number of rotatable bonds is 6. The number of nitro groups is 1. The summed E-state index contributed by atoms with van der Waals surface area (Å²) in [6.45, 7) is 0.418. The number of hydrogen-bond donors (Lipinski definition) is 3. The second-order valence-corrected chi connectivity index (χ2v) is 6.84. The number of benzene rings is 3. The topological polar surface area (TPSA) is 113 Å². The van der Waals surface area contributed by atoms with E-state index in [1.54, 1.807) is 24.3 Å². The lowest BCUT2D eigenvalue weighted by molar-refractivity contribution is -0.385. The highest BCUT2D eigenvalue weighted by molar-refractivity contribution is 7.80. The van der Waals surface area contributed by atoms with Crippen molar-refractivity contribution in [1.82, 2.24) is 10.6 Å². The van der Waals surface area contributed by atoms with Crippen LogP contribution in [0.1, 0.15) is 26.3 Å². The molecule has 0 unspecified atom stereocenters. The van der Waals surface area contributed by atoms with Crippen LogP contribution < -0.4 is 16.0 Å². The minimum atomic E-state index is -0.693. The van der Waals surface area contributed by atoms with Gasteiger partial charge in [-0.1, -0.05) is 42.5 Å². The van der Waals surface area contributed by atoms with Crippen LogP contribution in [0.3, 0.4) is 0 Å². The maximum Gasteiger partial charge on any atom is 0.282 e. The Morgan fingerprint density at radius 1 is 0.871 bits per heavy atom. The second kappa shape index (κ2) is 10.1. The van der Waals surface area contributed by atoms with Crippen molar-refractivity contribution in [1.29, 1.82) is 0 Å². The Kier molecular flexibility index (Phi) is 7.02. The Morgan fingerprint density at radius 3 is 2.19 bits per heavy atom. The quantitative estimate of drug-likeness (QED) is 0.310. The summed E-state index contributed by atoms with van der Waals surface area (Å²) in [4.78, 5) is 35.0. The number of carbonyl (C=O) groups is 2. The summed E-state index contributed by atoms with van der Waals surface area (Å²) in [6.07, 6.45) is 0. The summed E-state index contributed by atoms with van der Waals surface area (Å²) in [5, 5.41) is 19.1. The summed E-state index contributed by atoms with van der Waals surface area (Å²) >= 11 is 5.11. The molecule has 0 saturated heterocycles. The fourth-order valence-electron chi connectivity index (χ4n) is 2.74. The van der Waals surface area contributed by atoms with E-state index in [0.29, 0.717) is 17.8 Å². The van der Waals surface area contributed by atoms with Gasteiger partial charge in [-0.25, -0.2) is 0 Å². The molecule has 156 valence electrons. The van der Waals surface area contributed by atoms with Gasteiger partial charge in [0.2, 0.25) is 0 Å². The lowest BCUT2D eigenvalue weighted by Crippen LogP contribution is -2.34. The average Bonchev–Trinajstić information content (AvgIpc) is 2.78. The van der Waals surface area contributed by atoms with E-state index in [4.69, 9.17) is 12.2 Å². The van der Waals surface area contributed by atoms with Crippen LogP contribution in [-0.2, 0) is 6.54 Å². The van der Waals surface area contributed by atoms with Gasteiger partial charge < -0.3 is 10.6 Å². The average molecular weight is 434 g/mol. The van der Waals surface area contributed by atoms with Crippen LogP contribution in [0.25, 0.3) is 0 Å². The molecule has 0 aliphatic carbocycles. The molecular weight excluding hydrogens is 416 g/mol. The number of hydrogen-bond acceptors (Lipinski definition) is 5. The molecule has 3 N–H and O–H groups in total. The number of nitrogens with one attached hydrogen (secondary N) is 3. The Hall–Kier alpha value is -4.11. The largest absolute Gasteiger partial charge is 0.348 e. The Morgan fingerprint density at radius 2 is 1.52 bits per heavy atom. The van der Waals surface area contributed by atoms with Crippen molar-refractivity contribution in [3.8, 4) is 0 Å². The predicted molar refractivity (Wildman–Crippen MR) is 121 cm³/mol. The summed E-state index contributed by atoms with van der Waals surface area (Å²) in [5.74, 6) is -0.913. The Balaban J connectivity index is 1.56. The molecule has 0 heterocycles. The second-order valence-electron chi connectivity index (χ2n) is 6.43. The number of anilines is 1. The normalized spacial score (nSPS) is 10.1. The molecule has 0 atom stereocenters. The summed E-state index contributed by atoms with van der Waals surface area (Å²) in [6, 6.07) is 21.7. The molecule has 0 aliphatic heterocycles. The predicted octanol–water partition coefficient (Wildman–Crippen LogP) is 3.65. The molecule has 0 fully saturated rings. The first-order valence-corrected chi connectivity index (χ1v) is 9.63. The summed E-state index contributed by atoms with van der Waals surface area (Å²) < 4.78 is 0. The third-order valence-corrected chi connectivity index (χ3v) is 4.48. The highest BCUT2D eigenvalue weighted by atomic mass is 32.1. The molecule has 3 aromatic carbocycles. The van der Waals surface area contributed by atoms with Crippen molar-refractivity contribution in [2.75, 3.05) is 5.32 Å². The first-order chi connectivity index (χ1) is 14.9. The number of nitro benzene ring substituents is 1. The maximum atomic E-state index is 12.3. The molecular formula is C22H18N4O4S. The van der Waals surface area contributed by atoms with Crippen LogP contribution in [0.2, 0.25) is 0 Å². The van der Waals surface area contributed by atoms with Crippen molar-refractivity contribution in [3.63, 3.8) is 0 Å². The first kappa shape index (κ1) is 21.6. The van der Waals surface area contributed by atoms with Gasteiger partial charge in [0, 0.05) is 23.9 Å². The molecule has 3 rings (SSSR count). The van der Waals surface area contributed by atoms with Crippen LogP contribution in [0.15, 0.2) is 78.9 Å². The van der Waals surface area contributed by atoms with Gasteiger partial charge in [0.05, 0.1) is 4.92 Å². The van der Waals surface area contributed by atoms with E-state index >= 15 is 0 Å². The third kappa shape index (κ3) is 5.94. The van der Waals surface area contributed by atoms with Gasteiger partial charge in [-0.15, -0.1) is 0 Å². The molecule has 0 aliphatic rings. The van der Waals surface area contributed by atoms with Crippen LogP contribution in [0.5, 0.6) is 0 Å². The van der Waals surface area contributed by atoms with Crippen LogP contribution in [-0.4, -0.2) is 21.9 Å². The van der Waals surface area contributed by atoms with E-state index in [1.807, 2.05) is 30.3 Å². The van der Waals surface area contributed by atoms with E-state index in [-0.39, 0.29) is 22.3 Å². The van der Waals surface area contributed by atoms with Crippen LogP contribution >= 0.6 is 12.2 Å². The van der Waals surface area contributed by atoms with Gasteiger partial charge in [0.15, 0.2) is 5.11 Å². The zero-order valence-electron chi connectivity index (χ0n) is 16.2. The third-order valence-electron chi connectivity index (χ3n) is 4.27. The standard InChI is InChI=1S/C22H18N4O4S/c27-20(23-14-15-6-2-1-3-7-15)16-10-12-17(13-11-16)24-22(31)25-21(28)18-8-4-5-9-19(18)26(29)30/h1-13H,14H2,(H,23,27)(H2,24,25,28,31). The monoisotopic (exact) mass is 434 g/mol. The maximum absolute atomic E-state index is 12.3. The zero-order chi connectivity index (χ0) is 22.2. The Labute approximate surface area is 183 Å². The zero-order valence-corrected chi connectivity index (χ0v) is 17.0. The summed E-state index contributed by atoms with van der Waals surface area (Å²) in [7, 11) is 0. The van der Waals surface area contributed by atoms with E-state index in [2.05, 4.69) is 16.0 Å². The molecule has 31 heavy (non-hydrogen) atoms. The number of carbonyl (C=O) groups excluding carboxylic acids is 2. The van der Waals surface area contributed by atoms with Gasteiger partial charge in [-0.3, -0.25) is 25.0 Å². The van der Waals surface area contributed by atoms with E-state index in [1.165, 1.54) is 24.3 Å².